The number of para-hydroxylation sites is 1. The number of nitrogens with one attached hydrogen (secondary N) is 1. The number of methoxy groups -OCH3 is 3. The van der Waals surface area contributed by atoms with Gasteiger partial charge in [0.15, 0.2) is 11.5 Å². The van der Waals surface area contributed by atoms with Gasteiger partial charge >= 0.3 is 0 Å². The molecule has 0 heterocycles. The van der Waals surface area contributed by atoms with Crippen LogP contribution in [0.4, 0.5) is 0 Å². The van der Waals surface area contributed by atoms with Crippen LogP contribution in [0.3, 0.4) is 0 Å². The van der Waals surface area contributed by atoms with Gasteiger partial charge in [-0.25, -0.2) is 0 Å². The van der Waals surface area contributed by atoms with Gasteiger partial charge in [-0.3, -0.25) is 0 Å². The van der Waals surface area contributed by atoms with Crippen LogP contribution in [0, 0.1) is 0 Å². The van der Waals surface area contributed by atoms with Crippen molar-refractivity contribution in [2.24, 2.45) is 0 Å². The molecule has 0 unspecified atom stereocenters. The molecule has 22 heavy (non-hydrogen) atoms. The molecule has 0 aromatic heterocycles. The molecule has 0 fully saturated rings. The first-order chi connectivity index (χ1) is 10.7. The van der Waals surface area contributed by atoms with Gasteiger partial charge in [0.05, 0.1) is 21.3 Å². The van der Waals surface area contributed by atoms with E-state index in [-0.39, 0.29) is 0 Å². The summed E-state index contributed by atoms with van der Waals surface area (Å²) >= 11 is 6.12. The number of ether oxygens (including phenoxy) is 3. The average Bonchev–Trinajstić information content (AvgIpc) is 2.54. The Morgan fingerprint density at radius 3 is 2.23 bits per heavy atom. The number of rotatable bonds is 7. The van der Waals surface area contributed by atoms with E-state index in [2.05, 4.69) is 5.32 Å². The lowest BCUT2D eigenvalue weighted by Gasteiger charge is -2.14. The molecule has 0 bridgehead atoms. The SMILES string of the molecule is COc1ccccc1CNCc1cc(Cl)cc(OC)c1OC. The fourth-order valence-electron chi connectivity index (χ4n) is 2.32. The van der Waals surface area contributed by atoms with Crippen LogP contribution in [0.1, 0.15) is 11.1 Å². The average molecular weight is 322 g/mol. The van der Waals surface area contributed by atoms with E-state index in [9.17, 15) is 0 Å². The molecule has 0 saturated heterocycles. The summed E-state index contributed by atoms with van der Waals surface area (Å²) in [4.78, 5) is 0. The molecule has 0 aliphatic rings. The Labute approximate surface area is 136 Å². The predicted molar refractivity (Wildman–Crippen MR) is 88.1 cm³/mol. The Hall–Kier alpha value is -1.91. The fraction of sp³-hybridized carbons (Fsp3) is 0.294. The van der Waals surface area contributed by atoms with E-state index in [1.54, 1.807) is 27.4 Å². The number of hydrogen-bond donors (Lipinski definition) is 1. The van der Waals surface area contributed by atoms with Crippen molar-refractivity contribution >= 4 is 11.6 Å². The zero-order valence-corrected chi connectivity index (χ0v) is 13.7. The summed E-state index contributed by atoms with van der Waals surface area (Å²) in [6, 6.07) is 11.5. The van der Waals surface area contributed by atoms with Crippen LogP contribution >= 0.6 is 11.6 Å². The van der Waals surface area contributed by atoms with Gasteiger partial charge in [0.2, 0.25) is 0 Å². The third-order valence-corrected chi connectivity index (χ3v) is 3.56. The lowest BCUT2D eigenvalue weighted by molar-refractivity contribution is 0.350. The molecule has 1 N–H and O–H groups in total. The third-order valence-electron chi connectivity index (χ3n) is 3.34. The Morgan fingerprint density at radius 1 is 0.864 bits per heavy atom. The van der Waals surface area contributed by atoms with E-state index < -0.39 is 0 Å². The molecule has 0 aliphatic heterocycles. The van der Waals surface area contributed by atoms with Crippen molar-refractivity contribution in [3.63, 3.8) is 0 Å². The fourth-order valence-corrected chi connectivity index (χ4v) is 2.55. The first kappa shape index (κ1) is 16.5. The van der Waals surface area contributed by atoms with Crippen molar-refractivity contribution in [1.82, 2.24) is 5.32 Å². The monoisotopic (exact) mass is 321 g/mol. The maximum atomic E-state index is 6.12. The topological polar surface area (TPSA) is 39.7 Å². The summed E-state index contributed by atoms with van der Waals surface area (Å²) in [5.41, 5.74) is 2.04. The number of hydrogen-bond acceptors (Lipinski definition) is 4. The molecule has 0 radical (unpaired) electrons. The zero-order valence-electron chi connectivity index (χ0n) is 13.0. The quantitative estimate of drug-likeness (QED) is 0.845. The molecular formula is C17H20ClNO3. The minimum atomic E-state index is 0.609. The van der Waals surface area contributed by atoms with Crippen molar-refractivity contribution in [2.45, 2.75) is 13.1 Å². The minimum Gasteiger partial charge on any atom is -0.496 e. The zero-order chi connectivity index (χ0) is 15.9. The summed E-state index contributed by atoms with van der Waals surface area (Å²) in [5, 5.41) is 3.99. The van der Waals surface area contributed by atoms with Gasteiger partial charge in [-0.15, -0.1) is 0 Å². The Bertz CT molecular complexity index is 631. The van der Waals surface area contributed by atoms with E-state index in [0.717, 1.165) is 16.9 Å². The summed E-state index contributed by atoms with van der Waals surface area (Å²) < 4.78 is 16.1. The normalized spacial score (nSPS) is 10.4. The highest BCUT2D eigenvalue weighted by molar-refractivity contribution is 6.30. The molecule has 4 nitrogen and oxygen atoms in total. The maximum Gasteiger partial charge on any atom is 0.165 e. The molecule has 2 aromatic carbocycles. The second-order valence-electron chi connectivity index (χ2n) is 4.72. The van der Waals surface area contributed by atoms with E-state index in [0.29, 0.717) is 29.6 Å². The van der Waals surface area contributed by atoms with Gasteiger partial charge in [-0.2, -0.15) is 0 Å². The summed E-state index contributed by atoms with van der Waals surface area (Å²) in [5.74, 6) is 2.19. The summed E-state index contributed by atoms with van der Waals surface area (Å²) in [7, 11) is 4.89. The second kappa shape index (κ2) is 7.92. The van der Waals surface area contributed by atoms with Gasteiger partial charge in [0, 0.05) is 35.3 Å². The Kier molecular flexibility index (Phi) is 5.92. The predicted octanol–water partition coefficient (Wildman–Crippen LogP) is 3.66. The van der Waals surface area contributed by atoms with Gasteiger partial charge < -0.3 is 19.5 Å². The Balaban J connectivity index is 2.10. The Morgan fingerprint density at radius 2 is 1.55 bits per heavy atom. The van der Waals surface area contributed by atoms with Crippen LogP contribution in [0.25, 0.3) is 0 Å². The molecule has 5 heteroatoms. The standard InChI is InChI=1S/C17H20ClNO3/c1-20-15-7-5-4-6-12(15)10-19-11-13-8-14(18)9-16(21-2)17(13)22-3/h4-9,19H,10-11H2,1-3H3. The first-order valence-corrected chi connectivity index (χ1v) is 7.30. The van der Waals surface area contributed by atoms with Crippen LogP contribution in [0.15, 0.2) is 36.4 Å². The molecule has 118 valence electrons. The summed E-state index contributed by atoms with van der Waals surface area (Å²) in [6.45, 7) is 1.29. The molecule has 0 aliphatic carbocycles. The lowest BCUT2D eigenvalue weighted by Crippen LogP contribution is -2.14. The first-order valence-electron chi connectivity index (χ1n) is 6.92. The van der Waals surface area contributed by atoms with Gasteiger partial charge in [-0.05, 0) is 12.1 Å². The van der Waals surface area contributed by atoms with E-state index in [4.69, 9.17) is 25.8 Å². The minimum absolute atomic E-state index is 0.609. The highest BCUT2D eigenvalue weighted by atomic mass is 35.5. The maximum absolute atomic E-state index is 6.12. The van der Waals surface area contributed by atoms with Crippen molar-refractivity contribution in [3.8, 4) is 17.2 Å². The smallest absolute Gasteiger partial charge is 0.165 e. The van der Waals surface area contributed by atoms with E-state index in [1.165, 1.54) is 0 Å². The van der Waals surface area contributed by atoms with Crippen LogP contribution in [-0.2, 0) is 13.1 Å². The van der Waals surface area contributed by atoms with Gasteiger partial charge in [0.25, 0.3) is 0 Å². The number of halogens is 1. The highest BCUT2D eigenvalue weighted by Gasteiger charge is 2.12. The molecule has 0 amide bonds. The molecule has 0 spiro atoms. The molecule has 0 atom stereocenters. The van der Waals surface area contributed by atoms with Crippen molar-refractivity contribution in [1.29, 1.82) is 0 Å². The number of benzene rings is 2. The largest absolute Gasteiger partial charge is 0.496 e. The molecule has 2 aromatic rings. The molecule has 2 rings (SSSR count). The van der Waals surface area contributed by atoms with E-state index in [1.807, 2.05) is 30.3 Å². The van der Waals surface area contributed by atoms with Gasteiger partial charge in [-0.1, -0.05) is 29.8 Å². The highest BCUT2D eigenvalue weighted by Crippen LogP contribution is 2.34. The second-order valence-corrected chi connectivity index (χ2v) is 5.15. The molecule has 0 saturated carbocycles. The van der Waals surface area contributed by atoms with E-state index >= 15 is 0 Å². The van der Waals surface area contributed by atoms with Crippen LogP contribution < -0.4 is 19.5 Å². The van der Waals surface area contributed by atoms with Gasteiger partial charge in [0.1, 0.15) is 5.75 Å². The third kappa shape index (κ3) is 3.84. The van der Waals surface area contributed by atoms with Crippen LogP contribution in [-0.4, -0.2) is 21.3 Å². The van der Waals surface area contributed by atoms with Crippen LogP contribution in [0.5, 0.6) is 17.2 Å². The van der Waals surface area contributed by atoms with Crippen molar-refractivity contribution < 1.29 is 14.2 Å². The van der Waals surface area contributed by atoms with Crippen molar-refractivity contribution in [2.75, 3.05) is 21.3 Å². The van der Waals surface area contributed by atoms with Crippen molar-refractivity contribution in [3.05, 3.63) is 52.5 Å². The van der Waals surface area contributed by atoms with Crippen LogP contribution in [0.2, 0.25) is 5.02 Å². The lowest BCUT2D eigenvalue weighted by atomic mass is 10.1. The molecular weight excluding hydrogens is 302 g/mol. The summed E-state index contributed by atoms with van der Waals surface area (Å²) in [6.07, 6.45) is 0.